The number of hydrogen-bond donors (Lipinski definition) is 0. The number of halogens is 2. The third-order valence-electron chi connectivity index (χ3n) is 3.31. The van der Waals surface area contributed by atoms with Crippen molar-refractivity contribution < 1.29 is 52.5 Å². The van der Waals surface area contributed by atoms with Crippen LogP contribution in [-0.2, 0) is 5.75 Å². The summed E-state index contributed by atoms with van der Waals surface area (Å²) in [4.78, 5) is 13.0. The summed E-state index contributed by atoms with van der Waals surface area (Å²) < 4.78 is 39.5. The average molecular weight is 389 g/mol. The minimum Gasteiger partial charge on any atom is -0.493 e. The summed E-state index contributed by atoms with van der Waals surface area (Å²) in [7, 11) is 3.10. The van der Waals surface area contributed by atoms with Crippen LogP contribution in [0.5, 0.6) is 17.2 Å². The van der Waals surface area contributed by atoms with Crippen LogP contribution in [0.25, 0.3) is 11.0 Å². The van der Waals surface area contributed by atoms with Gasteiger partial charge in [-0.3, -0.25) is 4.98 Å². The molecule has 2 heterocycles. The third kappa shape index (κ3) is 4.79. The number of pyridine rings is 1. The molecule has 132 valence electrons. The summed E-state index contributed by atoms with van der Waals surface area (Å²) in [5.41, 5.74) is 1.79. The van der Waals surface area contributed by atoms with Crippen LogP contribution in [0.4, 0.5) is 8.78 Å². The number of thioether (sulfide) groups is 1. The van der Waals surface area contributed by atoms with Crippen molar-refractivity contribution in [3.63, 3.8) is 0 Å². The Hall–Kier alpha value is -1.55. The maximum atomic E-state index is 12.3. The zero-order valence-electron chi connectivity index (χ0n) is 14.4. The second kappa shape index (κ2) is 9.40. The molecule has 0 atom stereocenters. The van der Waals surface area contributed by atoms with Gasteiger partial charge in [-0.2, -0.15) is 8.78 Å². The molecule has 0 spiro atoms. The van der Waals surface area contributed by atoms with Gasteiger partial charge in [-0.25, -0.2) is 0 Å². The van der Waals surface area contributed by atoms with Crippen LogP contribution in [0.2, 0.25) is 0 Å². The minimum absolute atomic E-state index is 0. The molecular weight excluding hydrogens is 375 g/mol. The maximum absolute atomic E-state index is 12.3. The quantitative estimate of drug-likeness (QED) is 0.431. The molecule has 0 unspecified atom stereocenters. The molecule has 2 aromatic heterocycles. The number of imidazole rings is 1. The number of benzene rings is 1. The van der Waals surface area contributed by atoms with Crippen molar-refractivity contribution in [3.05, 3.63) is 36.2 Å². The number of fused-ring (bicyclic) bond motifs is 1. The van der Waals surface area contributed by atoms with Crippen LogP contribution in [-0.4, -0.2) is 30.8 Å². The molecule has 10 heteroatoms. The third-order valence-corrected chi connectivity index (χ3v) is 4.17. The topological polar surface area (TPSA) is 67.6 Å². The van der Waals surface area contributed by atoms with Crippen LogP contribution < -0.4 is 48.8 Å². The number of hydrogen-bond acceptors (Lipinski definition) is 6. The van der Waals surface area contributed by atoms with E-state index in [1.54, 1.807) is 32.5 Å². The van der Waals surface area contributed by atoms with Crippen molar-refractivity contribution in [1.82, 2.24) is 15.0 Å². The first-order valence-electron chi connectivity index (χ1n) is 7.18. The second-order valence-corrected chi connectivity index (χ2v) is 5.76. The van der Waals surface area contributed by atoms with Crippen molar-refractivity contribution in [2.75, 3.05) is 14.2 Å². The average Bonchev–Trinajstić information content (AvgIpc) is 3.01. The fourth-order valence-electron chi connectivity index (χ4n) is 2.25. The number of methoxy groups -OCH3 is 2. The Labute approximate surface area is 174 Å². The van der Waals surface area contributed by atoms with Crippen molar-refractivity contribution in [2.45, 2.75) is 17.5 Å². The van der Waals surface area contributed by atoms with Crippen LogP contribution in [0.15, 0.2) is 35.6 Å². The summed E-state index contributed by atoms with van der Waals surface area (Å²) >= 11 is 1.36. The van der Waals surface area contributed by atoms with E-state index in [4.69, 9.17) is 9.47 Å². The molecule has 0 amide bonds. The summed E-state index contributed by atoms with van der Waals surface area (Å²) in [6.45, 7) is -2.87. The van der Waals surface area contributed by atoms with Gasteiger partial charge in [-0.05, 0) is 28.3 Å². The van der Waals surface area contributed by atoms with Gasteiger partial charge in [0, 0.05) is 18.0 Å². The molecule has 3 aromatic rings. The zero-order valence-corrected chi connectivity index (χ0v) is 17.2. The largest absolute Gasteiger partial charge is 1.00 e. The van der Waals surface area contributed by atoms with Gasteiger partial charge in [-0.1, -0.05) is 6.07 Å². The molecule has 1 aromatic carbocycles. The smallest absolute Gasteiger partial charge is 0.493 e. The van der Waals surface area contributed by atoms with Gasteiger partial charge in [-0.15, -0.1) is 11.8 Å². The molecule has 26 heavy (non-hydrogen) atoms. The first-order valence-corrected chi connectivity index (χ1v) is 8.17. The molecule has 0 fully saturated rings. The molecule has 3 rings (SSSR count). The Balaban J connectivity index is 0.00000243. The van der Waals surface area contributed by atoms with E-state index in [9.17, 15) is 8.78 Å². The Morgan fingerprint density at radius 2 is 2.00 bits per heavy atom. The van der Waals surface area contributed by atoms with Gasteiger partial charge < -0.3 is 24.2 Å². The fraction of sp³-hybridized carbons (Fsp3) is 0.250. The van der Waals surface area contributed by atoms with E-state index in [0.29, 0.717) is 39.1 Å². The number of ether oxygens (including phenoxy) is 3. The van der Waals surface area contributed by atoms with Gasteiger partial charge in [0.1, 0.15) is 5.75 Å². The fourth-order valence-corrected chi connectivity index (χ4v) is 3.04. The van der Waals surface area contributed by atoms with Crippen LogP contribution in [0.3, 0.4) is 0 Å². The first-order chi connectivity index (χ1) is 12.1. The predicted octanol–water partition coefficient (Wildman–Crippen LogP) is 0.502. The van der Waals surface area contributed by atoms with Crippen molar-refractivity contribution in [3.8, 4) is 17.2 Å². The molecular formula is C16H14F2N3NaO3S. The minimum atomic E-state index is -2.87. The SMILES string of the molecule is COc1ccnc(CSc2nc3cc(OC(F)F)ccc3[n-]2)c1OC.[Na+]. The Bertz CT molecular complexity index is 879. The standard InChI is InChI=1S/C16H14F2N3O3S.Na/c1-22-13-5-6-19-12(14(13)23-2)8-25-16-20-10-4-3-9(24-15(17)18)7-11(10)21-16;/h3-7,15H,8H2,1-2H3;/q-1;+1. The molecule has 0 aliphatic heterocycles. The van der Waals surface area contributed by atoms with Crippen molar-refractivity contribution in [1.29, 1.82) is 0 Å². The predicted molar refractivity (Wildman–Crippen MR) is 88.6 cm³/mol. The first kappa shape index (κ1) is 20.8. The number of alkyl halides is 2. The van der Waals surface area contributed by atoms with E-state index in [2.05, 4.69) is 19.7 Å². The van der Waals surface area contributed by atoms with Gasteiger partial charge in [0.15, 0.2) is 11.5 Å². The molecule has 0 radical (unpaired) electrons. The van der Waals surface area contributed by atoms with E-state index in [0.717, 1.165) is 0 Å². The zero-order chi connectivity index (χ0) is 17.8. The Morgan fingerprint density at radius 3 is 2.69 bits per heavy atom. The van der Waals surface area contributed by atoms with Gasteiger partial charge >= 0.3 is 36.2 Å². The maximum Gasteiger partial charge on any atom is 1.00 e. The summed E-state index contributed by atoms with van der Waals surface area (Å²) in [6, 6.07) is 6.17. The van der Waals surface area contributed by atoms with Gasteiger partial charge in [0.2, 0.25) is 0 Å². The summed E-state index contributed by atoms with van der Waals surface area (Å²) in [5, 5.41) is 0.510. The van der Waals surface area contributed by atoms with Crippen LogP contribution in [0, 0.1) is 0 Å². The normalized spacial score (nSPS) is 10.7. The van der Waals surface area contributed by atoms with Gasteiger partial charge in [0.05, 0.1) is 19.9 Å². The summed E-state index contributed by atoms with van der Waals surface area (Å²) in [5.74, 6) is 1.67. The van der Waals surface area contributed by atoms with Crippen LogP contribution >= 0.6 is 11.8 Å². The molecule has 0 saturated carbocycles. The summed E-state index contributed by atoms with van der Waals surface area (Å²) in [6.07, 6.45) is 1.63. The van der Waals surface area contributed by atoms with E-state index >= 15 is 0 Å². The van der Waals surface area contributed by atoms with Crippen molar-refractivity contribution >= 4 is 22.8 Å². The molecule has 0 N–H and O–H groups in total. The number of rotatable bonds is 7. The van der Waals surface area contributed by atoms with E-state index in [1.807, 2.05) is 0 Å². The van der Waals surface area contributed by atoms with Crippen LogP contribution in [0.1, 0.15) is 5.69 Å². The monoisotopic (exact) mass is 389 g/mol. The van der Waals surface area contributed by atoms with E-state index in [1.165, 1.54) is 23.9 Å². The molecule has 6 nitrogen and oxygen atoms in total. The molecule has 0 saturated heterocycles. The number of aromatic nitrogens is 3. The van der Waals surface area contributed by atoms with E-state index < -0.39 is 6.61 Å². The molecule has 0 bridgehead atoms. The Kier molecular flexibility index (Phi) is 7.51. The molecule has 0 aliphatic rings. The van der Waals surface area contributed by atoms with Gasteiger partial charge in [0.25, 0.3) is 0 Å². The Morgan fingerprint density at radius 1 is 1.19 bits per heavy atom. The number of nitrogens with zero attached hydrogens (tertiary/aromatic N) is 3. The second-order valence-electron chi connectivity index (χ2n) is 4.82. The van der Waals surface area contributed by atoms with Crippen molar-refractivity contribution in [2.24, 2.45) is 0 Å². The van der Waals surface area contributed by atoms with E-state index in [-0.39, 0.29) is 35.3 Å². The molecule has 0 aliphatic carbocycles.